The summed E-state index contributed by atoms with van der Waals surface area (Å²) < 4.78 is 11.4. The Morgan fingerprint density at radius 3 is 1.93 bits per heavy atom. The Morgan fingerprint density at radius 1 is 0.800 bits per heavy atom. The maximum Gasteiger partial charge on any atom is 0.248 e. The molecule has 0 spiro atoms. The molecule has 0 unspecified atom stereocenters. The predicted molar refractivity (Wildman–Crippen MR) is 116 cm³/mol. The minimum Gasteiger partial charge on any atom is -0.374 e. The third kappa shape index (κ3) is 7.85. The van der Waals surface area contributed by atoms with Crippen molar-refractivity contribution in [3.05, 3.63) is 71.3 Å². The molecule has 1 heterocycles. The minimum atomic E-state index is -0.135. The van der Waals surface area contributed by atoms with Crippen molar-refractivity contribution in [3.63, 3.8) is 0 Å². The topological polar surface area (TPSA) is 80.1 Å². The molecule has 162 valence electrons. The zero-order valence-corrected chi connectivity index (χ0v) is 17.5. The van der Waals surface area contributed by atoms with Crippen molar-refractivity contribution in [1.29, 1.82) is 0 Å². The quantitative estimate of drug-likeness (QED) is 0.252. The van der Waals surface area contributed by atoms with Gasteiger partial charge in [0, 0.05) is 32.7 Å². The molecule has 0 aromatic heterocycles. The van der Waals surface area contributed by atoms with Crippen LogP contribution in [0.15, 0.2) is 54.6 Å². The lowest BCUT2D eigenvalue weighted by Gasteiger charge is -2.34. The lowest BCUT2D eigenvalue weighted by molar-refractivity contribution is -0.122. The van der Waals surface area contributed by atoms with Gasteiger partial charge in [-0.05, 0) is 16.7 Å². The van der Waals surface area contributed by atoms with E-state index in [0.29, 0.717) is 33.0 Å². The van der Waals surface area contributed by atoms with Crippen LogP contribution >= 0.6 is 0 Å². The summed E-state index contributed by atoms with van der Waals surface area (Å²) in [6.45, 7) is 7.34. The highest BCUT2D eigenvalue weighted by molar-refractivity contribution is 5.77. The molecule has 30 heavy (non-hydrogen) atoms. The number of ether oxygens (including phenoxy) is 2. The van der Waals surface area contributed by atoms with Gasteiger partial charge in [0.15, 0.2) is 0 Å². The molecule has 1 fully saturated rings. The van der Waals surface area contributed by atoms with E-state index in [2.05, 4.69) is 51.6 Å². The summed E-state index contributed by atoms with van der Waals surface area (Å²) in [4.78, 5) is 15.9. The summed E-state index contributed by atoms with van der Waals surface area (Å²) in [7, 11) is 0. The summed E-state index contributed by atoms with van der Waals surface area (Å²) in [5, 5.41) is 0. The number of carbonyl (C=O) groups is 1. The van der Waals surface area contributed by atoms with Gasteiger partial charge in [-0.15, -0.1) is 0 Å². The maximum atomic E-state index is 11.4. The Morgan fingerprint density at radius 2 is 1.33 bits per heavy atom. The van der Waals surface area contributed by atoms with Gasteiger partial charge in [-0.2, -0.15) is 0 Å². The van der Waals surface area contributed by atoms with Crippen LogP contribution in [0, 0.1) is 0 Å². The van der Waals surface area contributed by atoms with Crippen molar-refractivity contribution in [1.82, 2.24) is 15.2 Å². The standard InChI is InChI=1S/C23H32N4O3/c24-25-23(28)17-27-12-10-26(11-13-27)16-20-6-8-22(9-7-20)19-30-15-14-29-18-21-4-2-1-3-5-21/h1-9H,10-19,24H2,(H,25,28). The van der Waals surface area contributed by atoms with Crippen molar-refractivity contribution in [2.75, 3.05) is 45.9 Å². The van der Waals surface area contributed by atoms with Crippen LogP contribution in [-0.2, 0) is 34.0 Å². The molecule has 0 radical (unpaired) electrons. The number of hydrogen-bond acceptors (Lipinski definition) is 6. The number of benzene rings is 2. The summed E-state index contributed by atoms with van der Waals surface area (Å²) in [5.74, 6) is 5.02. The molecule has 2 aromatic rings. The third-order valence-electron chi connectivity index (χ3n) is 5.17. The van der Waals surface area contributed by atoms with Crippen LogP contribution in [0.4, 0.5) is 0 Å². The summed E-state index contributed by atoms with van der Waals surface area (Å²) in [5.41, 5.74) is 5.82. The van der Waals surface area contributed by atoms with Gasteiger partial charge in [-0.1, -0.05) is 54.6 Å². The highest BCUT2D eigenvalue weighted by Gasteiger charge is 2.18. The first-order valence-corrected chi connectivity index (χ1v) is 10.4. The van der Waals surface area contributed by atoms with Gasteiger partial charge in [0.25, 0.3) is 0 Å². The van der Waals surface area contributed by atoms with Crippen LogP contribution in [0.3, 0.4) is 0 Å². The van der Waals surface area contributed by atoms with Crippen LogP contribution in [0.25, 0.3) is 0 Å². The van der Waals surface area contributed by atoms with Gasteiger partial charge >= 0.3 is 0 Å². The van der Waals surface area contributed by atoms with E-state index in [-0.39, 0.29) is 5.91 Å². The van der Waals surface area contributed by atoms with Crippen molar-refractivity contribution < 1.29 is 14.3 Å². The predicted octanol–water partition coefficient (Wildman–Crippen LogP) is 1.53. The Hall–Kier alpha value is -2.29. The normalized spacial score (nSPS) is 15.2. The molecule has 7 heteroatoms. The summed E-state index contributed by atoms with van der Waals surface area (Å²) >= 11 is 0. The van der Waals surface area contributed by atoms with Gasteiger partial charge in [-0.25, -0.2) is 5.84 Å². The molecule has 0 aliphatic carbocycles. The number of hydrazine groups is 1. The maximum absolute atomic E-state index is 11.4. The van der Waals surface area contributed by atoms with E-state index in [1.54, 1.807) is 0 Å². The molecule has 1 aliphatic heterocycles. The highest BCUT2D eigenvalue weighted by atomic mass is 16.5. The molecule has 0 atom stereocenters. The van der Waals surface area contributed by atoms with Crippen molar-refractivity contribution in [2.24, 2.45) is 5.84 Å². The van der Waals surface area contributed by atoms with Gasteiger partial charge in [-0.3, -0.25) is 20.0 Å². The van der Waals surface area contributed by atoms with Gasteiger partial charge < -0.3 is 9.47 Å². The van der Waals surface area contributed by atoms with E-state index in [0.717, 1.165) is 32.7 Å². The SMILES string of the molecule is NNC(=O)CN1CCN(Cc2ccc(COCCOCc3ccccc3)cc2)CC1. The van der Waals surface area contributed by atoms with E-state index in [1.807, 2.05) is 18.2 Å². The van der Waals surface area contributed by atoms with Crippen molar-refractivity contribution >= 4 is 5.91 Å². The molecule has 7 nitrogen and oxygen atoms in total. The average molecular weight is 413 g/mol. The van der Waals surface area contributed by atoms with Crippen LogP contribution in [0.1, 0.15) is 16.7 Å². The van der Waals surface area contributed by atoms with Gasteiger partial charge in [0.05, 0.1) is 33.0 Å². The molecule has 1 aliphatic rings. The number of nitrogens with one attached hydrogen (secondary N) is 1. The molecule has 1 amide bonds. The fourth-order valence-electron chi connectivity index (χ4n) is 3.43. The van der Waals surface area contributed by atoms with E-state index in [4.69, 9.17) is 15.3 Å². The zero-order valence-electron chi connectivity index (χ0n) is 17.5. The molecule has 3 rings (SSSR count). The lowest BCUT2D eigenvalue weighted by Crippen LogP contribution is -2.49. The monoisotopic (exact) mass is 412 g/mol. The number of piperazine rings is 1. The largest absolute Gasteiger partial charge is 0.374 e. The second-order valence-corrected chi connectivity index (χ2v) is 7.53. The molecule has 1 saturated heterocycles. The first-order chi connectivity index (χ1) is 14.7. The fraction of sp³-hybridized carbons (Fsp3) is 0.435. The van der Waals surface area contributed by atoms with Crippen LogP contribution in [0.5, 0.6) is 0 Å². The smallest absolute Gasteiger partial charge is 0.248 e. The third-order valence-corrected chi connectivity index (χ3v) is 5.17. The summed E-state index contributed by atoms with van der Waals surface area (Å²) in [6, 6.07) is 18.7. The lowest BCUT2D eigenvalue weighted by atomic mass is 10.1. The number of nitrogens with zero attached hydrogens (tertiary/aromatic N) is 2. The number of hydrogen-bond donors (Lipinski definition) is 2. The van der Waals surface area contributed by atoms with Crippen LogP contribution in [0.2, 0.25) is 0 Å². The van der Waals surface area contributed by atoms with Gasteiger partial charge in [0.2, 0.25) is 5.91 Å². The zero-order chi connectivity index (χ0) is 21.0. The minimum absolute atomic E-state index is 0.135. The molecular formula is C23H32N4O3. The van der Waals surface area contributed by atoms with Crippen molar-refractivity contribution in [3.8, 4) is 0 Å². The second-order valence-electron chi connectivity index (χ2n) is 7.53. The highest BCUT2D eigenvalue weighted by Crippen LogP contribution is 2.11. The fourth-order valence-corrected chi connectivity index (χ4v) is 3.43. The molecule has 3 N–H and O–H groups in total. The van der Waals surface area contributed by atoms with Crippen LogP contribution < -0.4 is 11.3 Å². The molecule has 2 aromatic carbocycles. The Balaban J connectivity index is 1.28. The molecule has 0 bridgehead atoms. The summed E-state index contributed by atoms with van der Waals surface area (Å²) in [6.07, 6.45) is 0. The van der Waals surface area contributed by atoms with Crippen LogP contribution in [-0.4, -0.2) is 61.6 Å². The second kappa shape index (κ2) is 12.4. The molecule has 0 saturated carbocycles. The van der Waals surface area contributed by atoms with E-state index < -0.39 is 0 Å². The van der Waals surface area contributed by atoms with Gasteiger partial charge in [0.1, 0.15) is 0 Å². The number of rotatable bonds is 11. The molecular weight excluding hydrogens is 380 g/mol. The van der Waals surface area contributed by atoms with Crippen molar-refractivity contribution in [2.45, 2.75) is 19.8 Å². The number of nitrogens with two attached hydrogens (primary N) is 1. The van der Waals surface area contributed by atoms with E-state index in [9.17, 15) is 4.79 Å². The Kier molecular flexibility index (Phi) is 9.27. The first-order valence-electron chi connectivity index (χ1n) is 10.4. The first kappa shape index (κ1) is 22.4. The Bertz CT molecular complexity index is 747. The van der Waals surface area contributed by atoms with E-state index >= 15 is 0 Å². The number of amides is 1. The average Bonchev–Trinajstić information content (AvgIpc) is 2.79. The van der Waals surface area contributed by atoms with E-state index in [1.165, 1.54) is 16.7 Å². The Labute approximate surface area is 178 Å². The number of carbonyl (C=O) groups excluding carboxylic acids is 1.